The van der Waals surface area contributed by atoms with Crippen molar-refractivity contribution in [3.05, 3.63) is 24.3 Å². The summed E-state index contributed by atoms with van der Waals surface area (Å²) in [6, 6.07) is 1.89. The molecule has 116 valence electrons. The van der Waals surface area contributed by atoms with Gasteiger partial charge in [-0.15, -0.1) is 13.2 Å². The van der Waals surface area contributed by atoms with Crippen LogP contribution in [-0.2, 0) is 4.79 Å². The van der Waals surface area contributed by atoms with Crippen LogP contribution in [0, 0.1) is 0 Å². The Hall–Kier alpha value is -2.49. The maximum atomic E-state index is 12.0. The van der Waals surface area contributed by atoms with E-state index in [1.54, 1.807) is 0 Å². The van der Waals surface area contributed by atoms with Gasteiger partial charge in [0.05, 0.1) is 6.61 Å². The molecule has 1 aromatic carbocycles. The third-order valence-corrected chi connectivity index (χ3v) is 2.11. The molecule has 2 amide bonds. The topological polar surface area (TPSA) is 108 Å². The number of benzene rings is 1. The fourth-order valence-corrected chi connectivity index (χ4v) is 1.28. The first kappa shape index (κ1) is 16.6. The van der Waals surface area contributed by atoms with Crippen molar-refractivity contribution < 1.29 is 37.7 Å². The van der Waals surface area contributed by atoms with E-state index in [9.17, 15) is 22.8 Å². The first-order valence-corrected chi connectivity index (χ1v) is 5.48. The van der Waals surface area contributed by atoms with Crippen LogP contribution in [0.5, 0.6) is 5.75 Å². The van der Waals surface area contributed by atoms with E-state index in [4.69, 9.17) is 10.2 Å². The average Bonchev–Trinajstić information content (AvgIpc) is 2.33. The highest BCUT2D eigenvalue weighted by atomic mass is 19.4. The number of amides is 2. The van der Waals surface area contributed by atoms with Crippen LogP contribution in [0.25, 0.3) is 0 Å². The Kier molecular flexibility index (Phi) is 5.36. The third kappa shape index (κ3) is 5.99. The molecule has 1 unspecified atom stereocenters. The summed E-state index contributed by atoms with van der Waals surface area (Å²) >= 11 is 0. The van der Waals surface area contributed by atoms with E-state index in [0.29, 0.717) is 0 Å². The smallest absolute Gasteiger partial charge is 0.480 e. The molecular weight excluding hydrogens is 297 g/mol. The number of anilines is 1. The highest BCUT2D eigenvalue weighted by Crippen LogP contribution is 2.24. The van der Waals surface area contributed by atoms with Gasteiger partial charge in [-0.05, 0) is 12.1 Å². The Morgan fingerprint density at radius 1 is 1.33 bits per heavy atom. The number of rotatable bonds is 5. The summed E-state index contributed by atoms with van der Waals surface area (Å²) in [5, 5.41) is 21.4. The molecule has 0 heterocycles. The maximum absolute atomic E-state index is 12.0. The molecule has 0 aliphatic heterocycles. The lowest BCUT2D eigenvalue weighted by Crippen LogP contribution is -2.45. The molecule has 7 nitrogen and oxygen atoms in total. The molecule has 0 bridgehead atoms. The highest BCUT2D eigenvalue weighted by Gasteiger charge is 2.31. The number of hydrogen-bond acceptors (Lipinski definition) is 4. The summed E-state index contributed by atoms with van der Waals surface area (Å²) in [5.74, 6) is -2.00. The lowest BCUT2D eigenvalue weighted by atomic mass is 10.3. The van der Waals surface area contributed by atoms with E-state index in [1.807, 2.05) is 5.32 Å². The van der Waals surface area contributed by atoms with Crippen LogP contribution in [-0.4, -0.2) is 41.2 Å². The number of carboxylic acid groups (broad SMARTS) is 1. The number of carboxylic acids is 1. The number of carbonyl (C=O) groups is 2. The number of alkyl halides is 3. The summed E-state index contributed by atoms with van der Waals surface area (Å²) in [7, 11) is 0. The molecule has 4 N–H and O–H groups in total. The van der Waals surface area contributed by atoms with Gasteiger partial charge < -0.3 is 25.6 Å². The number of hydrogen-bond donors (Lipinski definition) is 4. The molecule has 0 radical (unpaired) electrons. The molecule has 0 aliphatic carbocycles. The van der Waals surface area contributed by atoms with Crippen molar-refractivity contribution >= 4 is 17.7 Å². The first-order valence-electron chi connectivity index (χ1n) is 5.48. The van der Waals surface area contributed by atoms with Gasteiger partial charge in [0.1, 0.15) is 5.75 Å². The number of carbonyl (C=O) groups excluding carboxylic acids is 1. The standard InChI is InChI=1S/C11H11F3N2O5/c12-11(13,14)21-7-3-1-2-6(4-7)15-10(20)16-8(5-17)9(18)19/h1-4,8,17H,5H2,(H,18,19)(H2,15,16,20). The van der Waals surface area contributed by atoms with Crippen LogP contribution in [0.3, 0.4) is 0 Å². The second-order valence-corrected chi connectivity index (χ2v) is 3.75. The van der Waals surface area contributed by atoms with Crippen LogP contribution >= 0.6 is 0 Å². The van der Waals surface area contributed by atoms with Crippen molar-refractivity contribution in [1.29, 1.82) is 0 Å². The van der Waals surface area contributed by atoms with Gasteiger partial charge in [0.25, 0.3) is 0 Å². The van der Waals surface area contributed by atoms with Crippen molar-refractivity contribution in [3.8, 4) is 5.75 Å². The molecule has 0 saturated heterocycles. The fourth-order valence-electron chi connectivity index (χ4n) is 1.28. The van der Waals surface area contributed by atoms with Gasteiger partial charge in [0.2, 0.25) is 0 Å². The Bertz CT molecular complexity index is 521. The van der Waals surface area contributed by atoms with Gasteiger partial charge in [-0.3, -0.25) is 0 Å². The molecule has 1 aromatic rings. The molecule has 0 aromatic heterocycles. The van der Waals surface area contributed by atoms with E-state index >= 15 is 0 Å². The molecule has 0 saturated carbocycles. The molecular formula is C11H11F3N2O5. The summed E-state index contributed by atoms with van der Waals surface area (Å²) in [6.45, 7) is -0.833. The monoisotopic (exact) mass is 308 g/mol. The van der Waals surface area contributed by atoms with E-state index in [1.165, 1.54) is 12.1 Å². The minimum atomic E-state index is -4.87. The minimum absolute atomic E-state index is 0.0451. The van der Waals surface area contributed by atoms with Crippen LogP contribution in [0.2, 0.25) is 0 Å². The Morgan fingerprint density at radius 2 is 2.00 bits per heavy atom. The molecule has 21 heavy (non-hydrogen) atoms. The highest BCUT2D eigenvalue weighted by molar-refractivity contribution is 5.92. The van der Waals surface area contributed by atoms with Gasteiger partial charge in [-0.1, -0.05) is 6.07 Å². The predicted molar refractivity (Wildman–Crippen MR) is 63.8 cm³/mol. The van der Waals surface area contributed by atoms with Gasteiger partial charge >= 0.3 is 18.4 Å². The molecule has 1 rings (SSSR count). The van der Waals surface area contributed by atoms with Crippen molar-refractivity contribution in [3.63, 3.8) is 0 Å². The summed E-state index contributed by atoms with van der Waals surface area (Å²) in [4.78, 5) is 22.0. The van der Waals surface area contributed by atoms with Crippen molar-refractivity contribution in [2.24, 2.45) is 0 Å². The zero-order valence-electron chi connectivity index (χ0n) is 10.3. The number of aliphatic carboxylic acids is 1. The third-order valence-electron chi connectivity index (χ3n) is 2.11. The van der Waals surface area contributed by atoms with Gasteiger partial charge in [0, 0.05) is 11.8 Å². The molecule has 10 heteroatoms. The lowest BCUT2D eigenvalue weighted by Gasteiger charge is -2.13. The first-order chi connectivity index (χ1) is 9.71. The molecule has 0 aliphatic rings. The molecule has 1 atom stereocenters. The number of aliphatic hydroxyl groups is 1. The number of urea groups is 1. The van der Waals surface area contributed by atoms with Crippen molar-refractivity contribution in [2.75, 3.05) is 11.9 Å². The number of aliphatic hydroxyl groups excluding tert-OH is 1. The second-order valence-electron chi connectivity index (χ2n) is 3.75. The average molecular weight is 308 g/mol. The largest absolute Gasteiger partial charge is 0.573 e. The van der Waals surface area contributed by atoms with Gasteiger partial charge in [0.15, 0.2) is 6.04 Å². The Labute approximate surface area is 116 Å². The zero-order valence-corrected chi connectivity index (χ0v) is 10.3. The minimum Gasteiger partial charge on any atom is -0.480 e. The van der Waals surface area contributed by atoms with Crippen LogP contribution in [0.1, 0.15) is 0 Å². The SMILES string of the molecule is O=C(Nc1cccc(OC(F)(F)F)c1)NC(CO)C(=O)O. The van der Waals surface area contributed by atoms with Crippen LogP contribution < -0.4 is 15.4 Å². The van der Waals surface area contributed by atoms with Crippen LogP contribution in [0.15, 0.2) is 24.3 Å². The fraction of sp³-hybridized carbons (Fsp3) is 0.273. The van der Waals surface area contributed by atoms with E-state index in [0.717, 1.165) is 12.1 Å². The number of halogens is 3. The normalized spacial score (nSPS) is 12.4. The number of ether oxygens (including phenoxy) is 1. The molecule has 0 fully saturated rings. The Morgan fingerprint density at radius 3 is 2.52 bits per heavy atom. The van der Waals surface area contributed by atoms with E-state index in [-0.39, 0.29) is 5.69 Å². The summed E-state index contributed by atoms with van der Waals surface area (Å²) < 4.78 is 39.7. The van der Waals surface area contributed by atoms with Crippen LogP contribution in [0.4, 0.5) is 23.7 Å². The molecule has 0 spiro atoms. The number of nitrogens with one attached hydrogen (secondary N) is 2. The lowest BCUT2D eigenvalue weighted by molar-refractivity contribution is -0.274. The Balaban J connectivity index is 2.68. The quantitative estimate of drug-likeness (QED) is 0.652. The summed E-state index contributed by atoms with van der Waals surface area (Å²) in [6.07, 6.45) is -4.87. The maximum Gasteiger partial charge on any atom is 0.573 e. The summed E-state index contributed by atoms with van der Waals surface area (Å²) in [5.41, 5.74) is -0.0451. The predicted octanol–water partition coefficient (Wildman–Crippen LogP) is 1.15. The van der Waals surface area contributed by atoms with Gasteiger partial charge in [-0.25, -0.2) is 9.59 Å². The van der Waals surface area contributed by atoms with Crippen molar-refractivity contribution in [1.82, 2.24) is 5.32 Å². The van der Waals surface area contributed by atoms with Gasteiger partial charge in [-0.2, -0.15) is 0 Å². The van der Waals surface area contributed by atoms with Crippen molar-refractivity contribution in [2.45, 2.75) is 12.4 Å². The second kappa shape index (κ2) is 6.79. The zero-order chi connectivity index (χ0) is 16.0. The van der Waals surface area contributed by atoms with E-state index < -0.39 is 36.8 Å². The van der Waals surface area contributed by atoms with E-state index in [2.05, 4.69) is 10.1 Å².